The first-order valence-electron chi connectivity index (χ1n) is 9.08. The minimum absolute atomic E-state index is 0.747. The molecule has 3 nitrogen and oxygen atoms in total. The van der Waals surface area contributed by atoms with E-state index in [4.69, 9.17) is 4.74 Å². The van der Waals surface area contributed by atoms with E-state index < -0.39 is 0 Å². The van der Waals surface area contributed by atoms with Crippen LogP contribution in [0.25, 0.3) is 0 Å². The van der Waals surface area contributed by atoms with Crippen LogP contribution < -0.4 is 9.22 Å². The number of benzene rings is 2. The van der Waals surface area contributed by atoms with Gasteiger partial charge in [-0.3, -0.25) is 9.38 Å². The highest BCUT2D eigenvalue weighted by atomic mass is 127. The SMILES string of the molecule is COc1cc([N+]2(C)CCN([C@@H]3C[C@H]3c3ccccc3)CC2)ccc1I. The number of hydrogen-bond acceptors (Lipinski definition) is 2. The van der Waals surface area contributed by atoms with Gasteiger partial charge < -0.3 is 4.74 Å². The first-order valence-corrected chi connectivity index (χ1v) is 10.2. The molecule has 1 aliphatic heterocycles. The van der Waals surface area contributed by atoms with E-state index in [1.807, 2.05) is 0 Å². The molecule has 0 radical (unpaired) electrons. The van der Waals surface area contributed by atoms with Gasteiger partial charge in [0, 0.05) is 37.2 Å². The van der Waals surface area contributed by atoms with Crippen LogP contribution in [0, 0.1) is 3.57 Å². The molecule has 1 saturated heterocycles. The third-order valence-corrected chi connectivity index (χ3v) is 6.86. The Balaban J connectivity index is 1.41. The van der Waals surface area contributed by atoms with Crippen molar-refractivity contribution in [3.05, 3.63) is 57.7 Å². The van der Waals surface area contributed by atoms with Crippen molar-refractivity contribution in [3.8, 4) is 5.75 Å². The summed E-state index contributed by atoms with van der Waals surface area (Å²) in [5.41, 5.74) is 2.88. The Morgan fingerprint density at radius 3 is 2.48 bits per heavy atom. The quantitative estimate of drug-likeness (QED) is 0.515. The van der Waals surface area contributed by atoms with Crippen molar-refractivity contribution >= 4 is 28.3 Å². The summed E-state index contributed by atoms with van der Waals surface area (Å²) in [6.45, 7) is 4.70. The molecule has 0 amide bonds. The highest BCUT2D eigenvalue weighted by Gasteiger charge is 2.45. The molecule has 1 saturated carbocycles. The molecule has 132 valence electrons. The minimum Gasteiger partial charge on any atom is -0.495 e. The monoisotopic (exact) mass is 449 g/mol. The van der Waals surface area contributed by atoms with Crippen LogP contribution in [0.2, 0.25) is 0 Å². The van der Waals surface area contributed by atoms with Gasteiger partial charge in [0.2, 0.25) is 0 Å². The lowest BCUT2D eigenvalue weighted by Gasteiger charge is -2.42. The second kappa shape index (κ2) is 6.89. The number of piperazine rings is 1. The van der Waals surface area contributed by atoms with Crippen molar-refractivity contribution in [1.82, 2.24) is 9.38 Å². The molecule has 2 fully saturated rings. The average molecular weight is 449 g/mol. The lowest BCUT2D eigenvalue weighted by Crippen LogP contribution is -2.58. The zero-order chi connectivity index (χ0) is 17.4. The molecule has 2 aromatic rings. The molecule has 2 aromatic carbocycles. The first kappa shape index (κ1) is 17.3. The van der Waals surface area contributed by atoms with Crippen LogP contribution in [-0.2, 0) is 0 Å². The highest BCUT2D eigenvalue weighted by Crippen LogP contribution is 2.45. The maximum Gasteiger partial charge on any atom is 0.138 e. The van der Waals surface area contributed by atoms with Crippen LogP contribution in [0.3, 0.4) is 0 Å². The third-order valence-electron chi connectivity index (χ3n) is 5.97. The number of halogens is 1. The zero-order valence-corrected chi connectivity index (χ0v) is 17.1. The summed E-state index contributed by atoms with van der Waals surface area (Å²) in [7, 11) is 4.12. The van der Waals surface area contributed by atoms with Gasteiger partial charge in [-0.25, -0.2) is 0 Å². The number of methoxy groups -OCH3 is 1. The van der Waals surface area contributed by atoms with E-state index in [0.717, 1.165) is 22.2 Å². The fourth-order valence-electron chi connectivity index (χ4n) is 4.14. The Bertz CT molecular complexity index is 741. The van der Waals surface area contributed by atoms with E-state index in [1.54, 1.807) is 7.11 Å². The van der Waals surface area contributed by atoms with Crippen molar-refractivity contribution in [2.24, 2.45) is 0 Å². The van der Waals surface area contributed by atoms with Gasteiger partial charge in [-0.2, -0.15) is 0 Å². The van der Waals surface area contributed by atoms with Gasteiger partial charge >= 0.3 is 0 Å². The smallest absolute Gasteiger partial charge is 0.138 e. The fourth-order valence-corrected chi connectivity index (χ4v) is 4.70. The molecule has 0 aromatic heterocycles. The lowest BCUT2D eigenvalue weighted by atomic mass is 10.1. The molecule has 0 unspecified atom stereocenters. The van der Waals surface area contributed by atoms with Gasteiger partial charge in [0.05, 0.1) is 30.8 Å². The summed E-state index contributed by atoms with van der Waals surface area (Å²) in [4.78, 5) is 2.71. The maximum atomic E-state index is 5.53. The van der Waals surface area contributed by atoms with Gasteiger partial charge in [0.1, 0.15) is 11.4 Å². The van der Waals surface area contributed by atoms with Gasteiger partial charge in [-0.1, -0.05) is 30.3 Å². The number of nitrogens with zero attached hydrogens (tertiary/aromatic N) is 2. The lowest BCUT2D eigenvalue weighted by molar-refractivity contribution is 0.147. The number of rotatable bonds is 4. The summed E-state index contributed by atoms with van der Waals surface area (Å²) < 4.78 is 7.71. The Kier molecular flexibility index (Phi) is 4.77. The summed E-state index contributed by atoms with van der Waals surface area (Å²) in [6.07, 6.45) is 1.32. The first-order chi connectivity index (χ1) is 12.1. The Morgan fingerprint density at radius 2 is 1.80 bits per heavy atom. The molecule has 0 bridgehead atoms. The van der Waals surface area contributed by atoms with E-state index in [1.165, 1.54) is 47.4 Å². The van der Waals surface area contributed by atoms with E-state index >= 15 is 0 Å². The molecule has 4 heteroatoms. The van der Waals surface area contributed by atoms with Crippen LogP contribution in [0.5, 0.6) is 5.75 Å². The topological polar surface area (TPSA) is 12.5 Å². The second-order valence-electron chi connectivity index (χ2n) is 7.52. The highest BCUT2D eigenvalue weighted by molar-refractivity contribution is 14.1. The van der Waals surface area contributed by atoms with E-state index in [0.29, 0.717) is 0 Å². The average Bonchev–Trinajstić information content (AvgIpc) is 3.44. The molecule has 2 aliphatic rings. The molecule has 0 spiro atoms. The normalized spacial score (nSPS) is 25.6. The molecule has 4 rings (SSSR count). The van der Waals surface area contributed by atoms with Gasteiger partial charge in [-0.05, 0) is 40.6 Å². The zero-order valence-electron chi connectivity index (χ0n) is 15.0. The third kappa shape index (κ3) is 3.44. The maximum absolute atomic E-state index is 5.53. The summed E-state index contributed by atoms with van der Waals surface area (Å²) in [5.74, 6) is 1.74. The standard InChI is InChI=1S/C21H26IN2O/c1-24(17-8-9-19(22)21(14-17)25-2)12-10-23(11-13-24)20-15-18(20)16-6-4-3-5-7-16/h3-9,14,18,20H,10-13,15H2,1-2H3/q+1/t18-,20+/m0/s1. The van der Waals surface area contributed by atoms with Gasteiger partial charge in [0.15, 0.2) is 0 Å². The number of hydrogen-bond donors (Lipinski definition) is 0. The van der Waals surface area contributed by atoms with Crippen LogP contribution in [0.4, 0.5) is 5.69 Å². The van der Waals surface area contributed by atoms with Crippen LogP contribution in [-0.4, -0.2) is 51.3 Å². The minimum atomic E-state index is 0.747. The van der Waals surface area contributed by atoms with Crippen molar-refractivity contribution in [2.45, 2.75) is 18.4 Å². The molecular weight excluding hydrogens is 423 g/mol. The molecule has 1 aliphatic carbocycles. The van der Waals surface area contributed by atoms with E-state index in [9.17, 15) is 0 Å². The summed E-state index contributed by atoms with van der Waals surface area (Å²) in [6, 6.07) is 18.4. The molecule has 25 heavy (non-hydrogen) atoms. The summed E-state index contributed by atoms with van der Waals surface area (Å²) >= 11 is 2.34. The number of ether oxygens (including phenoxy) is 1. The van der Waals surface area contributed by atoms with E-state index in [-0.39, 0.29) is 0 Å². The number of quaternary nitrogens is 1. The van der Waals surface area contributed by atoms with Crippen molar-refractivity contribution < 1.29 is 4.74 Å². The molecule has 0 N–H and O–H groups in total. The van der Waals surface area contributed by atoms with Crippen molar-refractivity contribution in [2.75, 3.05) is 40.3 Å². The fraction of sp³-hybridized carbons (Fsp3) is 0.429. The largest absolute Gasteiger partial charge is 0.495 e. The van der Waals surface area contributed by atoms with Gasteiger partial charge in [-0.15, -0.1) is 0 Å². The molecule has 2 atom stereocenters. The number of likely N-dealkylation sites (N-methyl/N-ethyl adjacent to an activating group) is 1. The van der Waals surface area contributed by atoms with Gasteiger partial charge in [0.25, 0.3) is 0 Å². The van der Waals surface area contributed by atoms with Crippen LogP contribution in [0.1, 0.15) is 17.9 Å². The van der Waals surface area contributed by atoms with Crippen molar-refractivity contribution in [1.29, 1.82) is 0 Å². The van der Waals surface area contributed by atoms with E-state index in [2.05, 4.69) is 83.1 Å². The molecular formula is C21H26IN2O+. The predicted molar refractivity (Wildman–Crippen MR) is 112 cm³/mol. The Labute approximate surface area is 164 Å². The summed E-state index contributed by atoms with van der Waals surface area (Å²) in [5, 5.41) is 0. The Morgan fingerprint density at radius 1 is 1.08 bits per heavy atom. The van der Waals surface area contributed by atoms with Crippen LogP contribution >= 0.6 is 22.6 Å². The Hall–Kier alpha value is -1.11. The second-order valence-corrected chi connectivity index (χ2v) is 8.68. The molecule has 1 heterocycles. The van der Waals surface area contributed by atoms with Crippen molar-refractivity contribution in [3.63, 3.8) is 0 Å². The van der Waals surface area contributed by atoms with Crippen LogP contribution in [0.15, 0.2) is 48.5 Å². The predicted octanol–water partition coefficient (Wildman–Crippen LogP) is 4.11.